The minimum Gasteiger partial charge on any atom is -0.393 e. The van der Waals surface area contributed by atoms with Gasteiger partial charge >= 0.3 is 0 Å². The van der Waals surface area contributed by atoms with Crippen LogP contribution in [-0.2, 0) is 4.79 Å². The van der Waals surface area contributed by atoms with Crippen molar-refractivity contribution in [3.63, 3.8) is 0 Å². The van der Waals surface area contributed by atoms with Gasteiger partial charge < -0.3 is 14.5 Å². The molecule has 0 amide bonds. The molecule has 2 saturated heterocycles. The quantitative estimate of drug-likeness (QED) is 0.808. The first-order valence-electron chi connectivity index (χ1n) is 10.5. The van der Waals surface area contributed by atoms with Crippen LogP contribution in [0.4, 0.5) is 0 Å². The van der Waals surface area contributed by atoms with Crippen molar-refractivity contribution in [2.24, 2.45) is 5.92 Å². The molecule has 2 aromatic rings. The Labute approximate surface area is 165 Å². The number of imidazole rings is 1. The monoisotopic (exact) mass is 380 g/mol. The molecule has 6 heteroatoms. The van der Waals surface area contributed by atoms with Crippen LogP contribution in [0.5, 0.6) is 0 Å². The second kappa shape index (κ2) is 7.43. The summed E-state index contributed by atoms with van der Waals surface area (Å²) >= 11 is 0. The van der Waals surface area contributed by atoms with E-state index in [0.717, 1.165) is 63.7 Å². The Hall–Kier alpha value is -2.02. The SMILES string of the molecule is O=C[C@@H]1CCCN1N1CCC(C(O)CC2c3ccccc3-c3cncn32)CC1. The van der Waals surface area contributed by atoms with Gasteiger partial charge in [-0.25, -0.2) is 15.0 Å². The second-order valence-electron chi connectivity index (χ2n) is 8.39. The molecule has 0 radical (unpaired) electrons. The fourth-order valence-electron chi connectivity index (χ4n) is 5.39. The van der Waals surface area contributed by atoms with E-state index in [2.05, 4.69) is 43.8 Å². The third-order valence-electron chi connectivity index (χ3n) is 6.91. The predicted molar refractivity (Wildman–Crippen MR) is 107 cm³/mol. The summed E-state index contributed by atoms with van der Waals surface area (Å²) in [5, 5.41) is 15.6. The molecule has 5 rings (SSSR count). The normalized spacial score (nSPS) is 26.9. The maximum absolute atomic E-state index is 11.3. The maximum atomic E-state index is 11.3. The standard InChI is InChI=1S/C22H28N4O2/c27-14-17-4-3-9-26(17)24-10-7-16(8-11-24)22(28)12-20-18-5-1-2-6-19(18)21-13-23-15-25(20)21/h1-2,5-6,13-17,20,22,28H,3-4,7-12H2/t17-,20?,22?/m0/s1. The molecule has 4 heterocycles. The van der Waals surface area contributed by atoms with Crippen LogP contribution in [0.15, 0.2) is 36.8 Å². The fraction of sp³-hybridized carbons (Fsp3) is 0.545. The molecular weight excluding hydrogens is 352 g/mol. The molecule has 1 N–H and O–H groups in total. The van der Waals surface area contributed by atoms with Crippen molar-refractivity contribution in [1.29, 1.82) is 0 Å². The Bertz CT molecular complexity index is 843. The van der Waals surface area contributed by atoms with Gasteiger partial charge in [-0.05, 0) is 43.6 Å². The van der Waals surface area contributed by atoms with Gasteiger partial charge in [-0.15, -0.1) is 0 Å². The van der Waals surface area contributed by atoms with Crippen LogP contribution in [-0.4, -0.2) is 62.7 Å². The molecule has 6 nitrogen and oxygen atoms in total. The molecule has 0 bridgehead atoms. The van der Waals surface area contributed by atoms with Gasteiger partial charge in [0.25, 0.3) is 0 Å². The van der Waals surface area contributed by atoms with E-state index in [1.807, 2.05) is 12.5 Å². The Morgan fingerprint density at radius 3 is 2.82 bits per heavy atom. The van der Waals surface area contributed by atoms with Gasteiger partial charge in [0.05, 0.1) is 36.4 Å². The molecule has 0 saturated carbocycles. The van der Waals surface area contributed by atoms with Crippen LogP contribution in [0.1, 0.15) is 43.7 Å². The number of piperidine rings is 1. The maximum Gasteiger partial charge on any atom is 0.138 e. The number of aliphatic hydroxyl groups excluding tert-OH is 1. The van der Waals surface area contributed by atoms with Crippen molar-refractivity contribution in [3.05, 3.63) is 42.4 Å². The fourth-order valence-corrected chi connectivity index (χ4v) is 5.39. The van der Waals surface area contributed by atoms with E-state index < -0.39 is 0 Å². The smallest absolute Gasteiger partial charge is 0.138 e. The van der Waals surface area contributed by atoms with Gasteiger partial charge in [0, 0.05) is 25.2 Å². The Balaban J connectivity index is 1.24. The summed E-state index contributed by atoms with van der Waals surface area (Å²) in [5.41, 5.74) is 3.68. The highest BCUT2D eigenvalue weighted by molar-refractivity contribution is 5.68. The highest BCUT2D eigenvalue weighted by atomic mass is 16.3. The average molecular weight is 380 g/mol. The minimum atomic E-state index is -0.325. The zero-order valence-corrected chi connectivity index (χ0v) is 16.2. The van der Waals surface area contributed by atoms with Gasteiger partial charge in [-0.1, -0.05) is 24.3 Å². The van der Waals surface area contributed by atoms with E-state index in [1.165, 1.54) is 11.1 Å². The molecular formula is C22H28N4O2. The first-order valence-corrected chi connectivity index (χ1v) is 10.5. The molecule has 3 atom stereocenters. The van der Waals surface area contributed by atoms with Gasteiger partial charge in [-0.3, -0.25) is 0 Å². The van der Waals surface area contributed by atoms with Gasteiger partial charge in [0.2, 0.25) is 0 Å². The van der Waals surface area contributed by atoms with Crippen molar-refractivity contribution in [2.75, 3.05) is 19.6 Å². The van der Waals surface area contributed by atoms with Crippen LogP contribution in [0.2, 0.25) is 0 Å². The summed E-state index contributed by atoms with van der Waals surface area (Å²) in [5.74, 6) is 0.313. The lowest BCUT2D eigenvalue weighted by Gasteiger charge is -2.40. The predicted octanol–water partition coefficient (Wildman–Crippen LogP) is 2.49. The number of hydrogen-bond acceptors (Lipinski definition) is 5. The zero-order valence-electron chi connectivity index (χ0n) is 16.2. The number of hydrazine groups is 1. The van der Waals surface area contributed by atoms with E-state index in [-0.39, 0.29) is 18.2 Å². The van der Waals surface area contributed by atoms with E-state index in [1.54, 1.807) is 0 Å². The lowest BCUT2D eigenvalue weighted by atomic mass is 9.87. The number of fused-ring (bicyclic) bond motifs is 3. The topological polar surface area (TPSA) is 61.6 Å². The zero-order chi connectivity index (χ0) is 19.1. The van der Waals surface area contributed by atoms with Gasteiger partial charge in [0.15, 0.2) is 0 Å². The van der Waals surface area contributed by atoms with Crippen molar-refractivity contribution in [1.82, 2.24) is 19.6 Å². The number of carbonyl (C=O) groups is 1. The number of benzene rings is 1. The van der Waals surface area contributed by atoms with Crippen LogP contribution in [0, 0.1) is 5.92 Å². The summed E-state index contributed by atoms with van der Waals surface area (Å²) in [6.07, 6.45) is 9.34. The largest absolute Gasteiger partial charge is 0.393 e. The van der Waals surface area contributed by atoms with Crippen LogP contribution >= 0.6 is 0 Å². The van der Waals surface area contributed by atoms with Gasteiger partial charge in [-0.2, -0.15) is 0 Å². The first kappa shape index (κ1) is 18.0. The van der Waals surface area contributed by atoms with Gasteiger partial charge in [0.1, 0.15) is 6.29 Å². The summed E-state index contributed by atoms with van der Waals surface area (Å²) in [6, 6.07) is 8.68. The second-order valence-corrected chi connectivity index (χ2v) is 8.39. The molecule has 2 fully saturated rings. The summed E-state index contributed by atoms with van der Waals surface area (Å²) in [6.45, 7) is 2.85. The Morgan fingerprint density at radius 2 is 2.00 bits per heavy atom. The molecule has 1 aromatic carbocycles. The van der Waals surface area contributed by atoms with Crippen molar-refractivity contribution < 1.29 is 9.90 Å². The van der Waals surface area contributed by atoms with Crippen molar-refractivity contribution >= 4 is 6.29 Å². The number of aliphatic hydroxyl groups is 1. The minimum absolute atomic E-state index is 0.0520. The summed E-state index contributed by atoms with van der Waals surface area (Å²) < 4.78 is 2.21. The van der Waals surface area contributed by atoms with Crippen LogP contribution < -0.4 is 0 Å². The number of aldehydes is 1. The van der Waals surface area contributed by atoms with Crippen LogP contribution in [0.25, 0.3) is 11.3 Å². The van der Waals surface area contributed by atoms with E-state index in [4.69, 9.17) is 0 Å². The summed E-state index contributed by atoms with van der Waals surface area (Å²) in [7, 11) is 0. The molecule has 0 spiro atoms. The molecule has 3 aliphatic rings. The molecule has 28 heavy (non-hydrogen) atoms. The third kappa shape index (κ3) is 3.00. The van der Waals surface area contributed by atoms with E-state index in [9.17, 15) is 9.90 Å². The third-order valence-corrected chi connectivity index (χ3v) is 6.91. The van der Waals surface area contributed by atoms with E-state index >= 15 is 0 Å². The van der Waals surface area contributed by atoms with E-state index in [0.29, 0.717) is 5.92 Å². The number of rotatable bonds is 5. The molecule has 3 aliphatic heterocycles. The lowest BCUT2D eigenvalue weighted by Crippen LogP contribution is -2.50. The summed E-state index contributed by atoms with van der Waals surface area (Å²) in [4.78, 5) is 15.6. The van der Waals surface area contributed by atoms with Crippen molar-refractivity contribution in [3.8, 4) is 11.3 Å². The average Bonchev–Trinajstić information content (AvgIpc) is 3.46. The van der Waals surface area contributed by atoms with Crippen LogP contribution in [0.3, 0.4) is 0 Å². The lowest BCUT2D eigenvalue weighted by molar-refractivity contribution is -0.122. The molecule has 148 valence electrons. The Kier molecular flexibility index (Phi) is 4.78. The highest BCUT2D eigenvalue weighted by Gasteiger charge is 2.36. The molecule has 2 unspecified atom stereocenters. The number of carbonyl (C=O) groups excluding carboxylic acids is 1. The molecule has 1 aromatic heterocycles. The highest BCUT2D eigenvalue weighted by Crippen LogP contribution is 2.42. The number of hydrogen-bond donors (Lipinski definition) is 1. The van der Waals surface area contributed by atoms with Crippen molar-refractivity contribution in [2.45, 2.75) is 50.3 Å². The Morgan fingerprint density at radius 1 is 1.18 bits per heavy atom. The number of aromatic nitrogens is 2. The first-order chi connectivity index (χ1) is 13.8. The number of nitrogens with zero attached hydrogens (tertiary/aromatic N) is 4. The molecule has 0 aliphatic carbocycles.